The molecule has 156 valence electrons. The molecule has 5 amide bonds. The van der Waals surface area contributed by atoms with Crippen molar-refractivity contribution in [3.63, 3.8) is 0 Å². The Morgan fingerprint density at radius 2 is 2.11 bits per heavy atom. The summed E-state index contributed by atoms with van der Waals surface area (Å²) >= 11 is 0. The number of imidazole rings is 1. The number of primary amides is 1. The first kappa shape index (κ1) is 22.9. The summed E-state index contributed by atoms with van der Waals surface area (Å²) in [5, 5.41) is 7.63. The van der Waals surface area contributed by atoms with Gasteiger partial charge < -0.3 is 42.5 Å². The summed E-state index contributed by atoms with van der Waals surface area (Å²) in [6, 6.07) is -2.77. The third kappa shape index (κ3) is 4.95. The van der Waals surface area contributed by atoms with E-state index in [1.54, 1.807) is 6.20 Å². The van der Waals surface area contributed by atoms with E-state index in [1.807, 2.05) is 0 Å². The van der Waals surface area contributed by atoms with Gasteiger partial charge in [-0.25, -0.2) is 9.78 Å². The second-order valence-corrected chi connectivity index (χ2v) is 6.34. The maximum absolute atomic E-state index is 13.0. The predicted molar refractivity (Wildman–Crippen MR) is 95.7 cm³/mol. The van der Waals surface area contributed by atoms with E-state index in [1.165, 1.54) is 11.2 Å². The van der Waals surface area contributed by atoms with E-state index in [0.717, 1.165) is 0 Å². The van der Waals surface area contributed by atoms with Gasteiger partial charge in [-0.3, -0.25) is 14.4 Å². The molecule has 1 aromatic rings. The van der Waals surface area contributed by atoms with Gasteiger partial charge in [-0.15, -0.1) is 0 Å². The summed E-state index contributed by atoms with van der Waals surface area (Å²) in [6.45, 7) is 0.548. The van der Waals surface area contributed by atoms with Crippen LogP contribution in [0.2, 0.25) is 0 Å². The van der Waals surface area contributed by atoms with Gasteiger partial charge in [0.15, 0.2) is 0 Å². The molecule has 10 N–H and O–H groups in total. The molecular formula is C15H25N7O6. The number of nitrogens with one attached hydrogen (secondary N) is 4. The van der Waals surface area contributed by atoms with Crippen LogP contribution in [-0.4, -0.2) is 80.8 Å². The van der Waals surface area contributed by atoms with Crippen molar-refractivity contribution in [1.82, 2.24) is 30.8 Å². The van der Waals surface area contributed by atoms with Crippen LogP contribution >= 0.6 is 0 Å². The number of carbonyl (C=O) groups is 4. The molecule has 13 heteroatoms. The lowest BCUT2D eigenvalue weighted by molar-refractivity contribution is -0.140. The second kappa shape index (κ2) is 9.66. The summed E-state index contributed by atoms with van der Waals surface area (Å²) in [5.41, 5.74) is 6.05. The molecule has 2 saturated heterocycles. The van der Waals surface area contributed by atoms with Crippen molar-refractivity contribution in [1.29, 1.82) is 0 Å². The lowest BCUT2D eigenvalue weighted by atomic mass is 10.1. The van der Waals surface area contributed by atoms with Crippen LogP contribution in [0.5, 0.6) is 0 Å². The molecule has 1 unspecified atom stereocenters. The van der Waals surface area contributed by atoms with Gasteiger partial charge in [0.25, 0.3) is 0 Å². The molecule has 3 rings (SSSR count). The largest absolute Gasteiger partial charge is 0.412 e. The Hall–Kier alpha value is -3.19. The van der Waals surface area contributed by atoms with Crippen LogP contribution in [0.25, 0.3) is 0 Å². The molecule has 2 aliphatic heterocycles. The number of aromatic nitrogens is 2. The fourth-order valence-electron chi connectivity index (χ4n) is 3.23. The fraction of sp³-hybridized carbons (Fsp3) is 0.533. The van der Waals surface area contributed by atoms with E-state index in [2.05, 4.69) is 25.9 Å². The minimum Gasteiger partial charge on any atom is -0.412 e. The number of H-pyrrole nitrogens is 1. The van der Waals surface area contributed by atoms with Crippen molar-refractivity contribution in [3.05, 3.63) is 18.2 Å². The zero-order valence-corrected chi connectivity index (χ0v) is 15.0. The predicted octanol–water partition coefficient (Wildman–Crippen LogP) is -4.05. The summed E-state index contributed by atoms with van der Waals surface area (Å²) in [4.78, 5) is 56.4. The molecule has 0 bridgehead atoms. The van der Waals surface area contributed by atoms with Crippen LogP contribution in [-0.2, 0) is 20.8 Å². The molecule has 0 radical (unpaired) electrons. The van der Waals surface area contributed by atoms with Crippen LogP contribution in [0.4, 0.5) is 4.79 Å². The van der Waals surface area contributed by atoms with Crippen LogP contribution in [0, 0.1) is 0 Å². The zero-order chi connectivity index (χ0) is 18.7. The minimum atomic E-state index is -0.902. The van der Waals surface area contributed by atoms with Crippen molar-refractivity contribution in [2.45, 2.75) is 37.4 Å². The van der Waals surface area contributed by atoms with E-state index >= 15 is 0 Å². The number of aromatic amines is 1. The number of carbonyl (C=O) groups excluding carboxylic acids is 4. The molecule has 3 heterocycles. The Bertz CT molecular complexity index is 710. The molecule has 2 fully saturated rings. The van der Waals surface area contributed by atoms with Gasteiger partial charge in [0.2, 0.25) is 17.7 Å². The number of nitrogens with zero attached hydrogens (tertiary/aromatic N) is 2. The molecular weight excluding hydrogens is 374 g/mol. The monoisotopic (exact) mass is 399 g/mol. The average molecular weight is 399 g/mol. The van der Waals surface area contributed by atoms with Crippen molar-refractivity contribution in [2.24, 2.45) is 5.73 Å². The molecule has 13 nitrogen and oxygen atoms in total. The molecule has 3 atom stereocenters. The third-order valence-corrected chi connectivity index (χ3v) is 4.55. The molecule has 0 saturated carbocycles. The average Bonchev–Trinajstić information content (AvgIpc) is 3.34. The van der Waals surface area contributed by atoms with E-state index < -0.39 is 36.0 Å². The van der Waals surface area contributed by atoms with E-state index in [0.29, 0.717) is 25.1 Å². The van der Waals surface area contributed by atoms with Crippen LogP contribution < -0.4 is 21.7 Å². The fourth-order valence-corrected chi connectivity index (χ4v) is 3.23. The Balaban J connectivity index is 0.00000196. The Kier molecular flexibility index (Phi) is 7.88. The maximum Gasteiger partial charge on any atom is 0.315 e. The number of likely N-dealkylation sites (tertiary alicyclic amines) is 1. The smallest absolute Gasteiger partial charge is 0.315 e. The van der Waals surface area contributed by atoms with E-state index in [9.17, 15) is 19.2 Å². The molecule has 2 aliphatic rings. The zero-order valence-electron chi connectivity index (χ0n) is 15.0. The highest BCUT2D eigenvalue weighted by Gasteiger charge is 2.38. The van der Waals surface area contributed by atoms with Gasteiger partial charge >= 0.3 is 6.03 Å². The summed E-state index contributed by atoms with van der Waals surface area (Å²) in [6.07, 6.45) is 4.39. The lowest BCUT2D eigenvalue weighted by Crippen LogP contribution is -2.56. The van der Waals surface area contributed by atoms with Crippen molar-refractivity contribution in [2.75, 3.05) is 13.1 Å². The highest BCUT2D eigenvalue weighted by Crippen LogP contribution is 2.19. The summed E-state index contributed by atoms with van der Waals surface area (Å²) < 4.78 is 0. The maximum atomic E-state index is 13.0. The van der Waals surface area contributed by atoms with Gasteiger partial charge in [0.05, 0.1) is 6.33 Å². The Morgan fingerprint density at radius 3 is 2.68 bits per heavy atom. The number of hydrogen-bond donors (Lipinski definition) is 5. The van der Waals surface area contributed by atoms with Crippen molar-refractivity contribution in [3.8, 4) is 0 Å². The molecule has 0 aromatic carbocycles. The SMILES string of the molecule is NC(=O)[C@@H]1CCCN1C(=O)[C@H](Cc1cnc[nH]1)NC(=O)C1CNC(=O)N1.O.O. The summed E-state index contributed by atoms with van der Waals surface area (Å²) in [5.74, 6) is -1.42. The first-order valence-corrected chi connectivity index (χ1v) is 8.37. The standard InChI is InChI=1S/C15H21N7O4.2H2O/c16-12(23)11-2-1-3-22(11)14(25)9(4-8-5-17-7-19-8)20-13(24)10-6-18-15(26)21-10;;/h5,7,9-11H,1-4,6H2,(H2,16,23)(H,17,19)(H,20,24)(H2,18,21,26);2*1H2/t9-,10?,11-;;/m0../s1. The topological polar surface area (TPSA) is 225 Å². The van der Waals surface area contributed by atoms with Crippen molar-refractivity contribution >= 4 is 23.8 Å². The number of nitrogens with two attached hydrogens (primary N) is 1. The first-order chi connectivity index (χ1) is 12.5. The highest BCUT2D eigenvalue weighted by atomic mass is 16.2. The molecule has 0 aliphatic carbocycles. The van der Waals surface area contributed by atoms with Gasteiger partial charge in [-0.1, -0.05) is 0 Å². The van der Waals surface area contributed by atoms with Gasteiger partial charge in [-0.2, -0.15) is 0 Å². The Morgan fingerprint density at radius 1 is 1.36 bits per heavy atom. The number of amides is 5. The Labute approximate surface area is 160 Å². The quantitative estimate of drug-likeness (QED) is 0.321. The third-order valence-electron chi connectivity index (χ3n) is 4.55. The lowest BCUT2D eigenvalue weighted by Gasteiger charge is -2.28. The van der Waals surface area contributed by atoms with Gasteiger partial charge in [-0.05, 0) is 12.8 Å². The van der Waals surface area contributed by atoms with Crippen molar-refractivity contribution < 1.29 is 30.1 Å². The van der Waals surface area contributed by atoms with E-state index in [-0.39, 0.29) is 29.8 Å². The second-order valence-electron chi connectivity index (χ2n) is 6.34. The normalized spacial score (nSPS) is 21.6. The van der Waals surface area contributed by atoms with Crippen LogP contribution in [0.3, 0.4) is 0 Å². The minimum absolute atomic E-state index is 0. The number of hydrogen-bond acceptors (Lipinski definition) is 5. The molecule has 28 heavy (non-hydrogen) atoms. The number of rotatable bonds is 6. The van der Waals surface area contributed by atoms with Crippen LogP contribution in [0.15, 0.2) is 12.5 Å². The molecule has 0 spiro atoms. The number of urea groups is 1. The molecule has 1 aromatic heterocycles. The summed E-state index contributed by atoms with van der Waals surface area (Å²) in [7, 11) is 0. The van der Waals surface area contributed by atoms with Crippen LogP contribution in [0.1, 0.15) is 18.5 Å². The van der Waals surface area contributed by atoms with E-state index in [4.69, 9.17) is 5.73 Å². The van der Waals surface area contributed by atoms with Gasteiger partial charge in [0, 0.05) is 31.4 Å². The van der Waals surface area contributed by atoms with Gasteiger partial charge in [0.1, 0.15) is 18.1 Å². The highest BCUT2D eigenvalue weighted by molar-refractivity contribution is 5.95. The first-order valence-electron chi connectivity index (χ1n) is 8.37.